The van der Waals surface area contributed by atoms with Gasteiger partial charge < -0.3 is 24.7 Å². The summed E-state index contributed by atoms with van der Waals surface area (Å²) in [5, 5.41) is 5.81. The molecule has 1 saturated heterocycles. The maximum absolute atomic E-state index is 12.5. The zero-order chi connectivity index (χ0) is 21.0. The molecule has 9 heteroatoms. The highest BCUT2D eigenvalue weighted by atomic mass is 35.5. The van der Waals surface area contributed by atoms with Crippen molar-refractivity contribution in [1.29, 1.82) is 0 Å². The summed E-state index contributed by atoms with van der Waals surface area (Å²) in [5.41, 5.74) is 0.968. The van der Waals surface area contributed by atoms with Gasteiger partial charge in [0.05, 0.1) is 23.1 Å². The van der Waals surface area contributed by atoms with Crippen LogP contribution >= 0.6 is 11.6 Å². The molecule has 29 heavy (non-hydrogen) atoms. The Labute approximate surface area is 174 Å². The molecule has 1 aromatic carbocycles. The number of nitrogens with one attached hydrogen (secondary N) is 2. The van der Waals surface area contributed by atoms with Crippen LogP contribution in [0.3, 0.4) is 0 Å². The second-order valence-corrected chi connectivity index (χ2v) is 7.53. The number of hydrogen-bond acceptors (Lipinski definition) is 5. The fourth-order valence-corrected chi connectivity index (χ4v) is 3.54. The third-order valence-electron chi connectivity index (χ3n) is 5.03. The van der Waals surface area contributed by atoms with Crippen LogP contribution in [0.4, 0.5) is 16.2 Å². The molecule has 156 valence electrons. The van der Waals surface area contributed by atoms with Crippen molar-refractivity contribution in [2.24, 2.45) is 0 Å². The molecule has 2 atom stereocenters. The summed E-state index contributed by atoms with van der Waals surface area (Å²) >= 11 is 6.26. The molecule has 2 N–H and O–H groups in total. The van der Waals surface area contributed by atoms with E-state index in [0.717, 1.165) is 13.0 Å². The molecule has 2 aromatic rings. The van der Waals surface area contributed by atoms with Gasteiger partial charge in [0.25, 0.3) is 5.91 Å². The quantitative estimate of drug-likeness (QED) is 0.748. The van der Waals surface area contributed by atoms with Gasteiger partial charge in [-0.05, 0) is 43.8 Å². The number of urea groups is 1. The van der Waals surface area contributed by atoms with Crippen LogP contribution in [0.1, 0.15) is 17.0 Å². The third kappa shape index (κ3) is 5.29. The van der Waals surface area contributed by atoms with Crippen LogP contribution < -0.4 is 10.6 Å². The van der Waals surface area contributed by atoms with Crippen molar-refractivity contribution < 1.29 is 18.7 Å². The molecular weight excluding hydrogens is 396 g/mol. The number of anilines is 2. The van der Waals surface area contributed by atoms with Crippen molar-refractivity contribution in [1.82, 2.24) is 9.80 Å². The smallest absolute Gasteiger partial charge is 0.321 e. The molecule has 3 rings (SSSR count). The number of likely N-dealkylation sites (N-methyl/N-ethyl adjacent to an activating group) is 2. The van der Waals surface area contributed by atoms with Crippen LogP contribution in [-0.4, -0.2) is 68.2 Å². The highest BCUT2D eigenvalue weighted by molar-refractivity contribution is 6.34. The van der Waals surface area contributed by atoms with Gasteiger partial charge in [0.15, 0.2) is 5.76 Å². The van der Waals surface area contributed by atoms with Crippen molar-refractivity contribution in [2.45, 2.75) is 18.6 Å². The first-order valence-corrected chi connectivity index (χ1v) is 9.64. The molecule has 1 aromatic heterocycles. The fraction of sp³-hybridized carbons (Fsp3) is 0.400. The molecule has 2 heterocycles. The maximum Gasteiger partial charge on any atom is 0.321 e. The lowest BCUT2D eigenvalue weighted by molar-refractivity contribution is 0.0996. The summed E-state index contributed by atoms with van der Waals surface area (Å²) < 4.78 is 10.5. The first-order valence-electron chi connectivity index (χ1n) is 9.27. The van der Waals surface area contributed by atoms with E-state index in [0.29, 0.717) is 22.9 Å². The molecule has 3 amide bonds. The van der Waals surface area contributed by atoms with Gasteiger partial charge in [-0.3, -0.25) is 9.69 Å². The zero-order valence-corrected chi connectivity index (χ0v) is 17.4. The fourth-order valence-electron chi connectivity index (χ4n) is 3.32. The standard InChI is InChI=1S/C20H25ClN4O4/c1-24-12-15(28-3)10-14(24)11-25(2)20(27)22-13-6-7-17(16(21)9-13)23-19(26)18-5-4-8-29-18/h4-9,14-15H,10-12H2,1-3H3,(H,22,27)(H,23,26)/t14-,15-/m0/s1. The molecule has 0 radical (unpaired) electrons. The monoisotopic (exact) mass is 420 g/mol. The number of methoxy groups -OCH3 is 1. The predicted molar refractivity (Wildman–Crippen MR) is 112 cm³/mol. The lowest BCUT2D eigenvalue weighted by atomic mass is 10.2. The third-order valence-corrected chi connectivity index (χ3v) is 5.34. The summed E-state index contributed by atoms with van der Waals surface area (Å²) in [7, 11) is 5.50. The Hall–Kier alpha value is -2.55. The number of carbonyl (C=O) groups is 2. The van der Waals surface area contributed by atoms with Crippen LogP contribution in [0.2, 0.25) is 5.02 Å². The van der Waals surface area contributed by atoms with Crippen molar-refractivity contribution >= 4 is 34.9 Å². The summed E-state index contributed by atoms with van der Waals surface area (Å²) in [4.78, 5) is 28.4. The zero-order valence-electron chi connectivity index (χ0n) is 16.6. The minimum absolute atomic E-state index is 0.188. The van der Waals surface area contributed by atoms with Gasteiger partial charge in [0.1, 0.15) is 0 Å². The average Bonchev–Trinajstić information content (AvgIpc) is 3.34. The van der Waals surface area contributed by atoms with Gasteiger partial charge in [0, 0.05) is 39.0 Å². The predicted octanol–water partition coefficient (Wildman–Crippen LogP) is 3.37. The number of amides is 3. The number of ether oxygens (including phenoxy) is 1. The van der Waals surface area contributed by atoms with Gasteiger partial charge in [-0.15, -0.1) is 0 Å². The number of nitrogens with zero attached hydrogens (tertiary/aromatic N) is 2. The Morgan fingerprint density at radius 2 is 2.14 bits per heavy atom. The molecule has 0 bridgehead atoms. The van der Waals surface area contributed by atoms with Crippen LogP contribution in [-0.2, 0) is 4.74 Å². The van der Waals surface area contributed by atoms with Gasteiger partial charge in [-0.1, -0.05) is 11.6 Å². The normalized spacial score (nSPS) is 19.2. The van der Waals surface area contributed by atoms with Gasteiger partial charge in [0.2, 0.25) is 0 Å². The number of likely N-dealkylation sites (tertiary alicyclic amines) is 1. The molecular formula is C20H25ClN4O4. The van der Waals surface area contributed by atoms with Gasteiger partial charge in [-0.25, -0.2) is 4.79 Å². The van der Waals surface area contributed by atoms with E-state index < -0.39 is 5.91 Å². The first kappa shape index (κ1) is 21.2. The van der Waals surface area contributed by atoms with Crippen LogP contribution in [0.15, 0.2) is 41.0 Å². The van der Waals surface area contributed by atoms with Crippen molar-refractivity contribution in [3.05, 3.63) is 47.4 Å². The highest BCUT2D eigenvalue weighted by Crippen LogP contribution is 2.26. The van der Waals surface area contributed by atoms with Gasteiger partial charge in [-0.2, -0.15) is 0 Å². The first-order chi connectivity index (χ1) is 13.9. The molecule has 1 aliphatic rings. The van der Waals surface area contributed by atoms with Crippen molar-refractivity contribution in [3.8, 4) is 0 Å². The lowest BCUT2D eigenvalue weighted by Gasteiger charge is -2.25. The van der Waals surface area contributed by atoms with E-state index >= 15 is 0 Å². The maximum atomic E-state index is 12.5. The van der Waals surface area contributed by atoms with E-state index in [2.05, 4.69) is 15.5 Å². The second-order valence-electron chi connectivity index (χ2n) is 7.12. The second kappa shape index (κ2) is 9.30. The minimum Gasteiger partial charge on any atom is -0.459 e. The van der Waals surface area contributed by atoms with E-state index in [1.807, 2.05) is 7.05 Å². The Kier molecular flexibility index (Phi) is 6.79. The number of carbonyl (C=O) groups excluding carboxylic acids is 2. The van der Waals surface area contributed by atoms with Crippen LogP contribution in [0, 0.1) is 0 Å². The van der Waals surface area contributed by atoms with E-state index in [1.165, 1.54) is 6.26 Å². The summed E-state index contributed by atoms with van der Waals surface area (Å²) in [6, 6.07) is 8.11. The molecule has 1 aliphatic heterocycles. The molecule has 0 spiro atoms. The Balaban J connectivity index is 1.56. The molecule has 1 fully saturated rings. The number of rotatable bonds is 6. The molecule has 0 aliphatic carbocycles. The number of furan rings is 1. The van der Waals surface area contributed by atoms with Gasteiger partial charge >= 0.3 is 6.03 Å². The SMILES string of the molecule is CO[C@H]1C[C@@H](CN(C)C(=O)Nc2ccc(NC(=O)c3ccco3)c(Cl)c2)N(C)C1. The van der Waals surface area contributed by atoms with Crippen molar-refractivity contribution in [3.63, 3.8) is 0 Å². The number of hydrogen-bond donors (Lipinski definition) is 2. The summed E-state index contributed by atoms with van der Waals surface area (Å²) in [5.74, 6) is -0.212. The average molecular weight is 421 g/mol. The Morgan fingerprint density at radius 3 is 2.76 bits per heavy atom. The van der Waals surface area contributed by atoms with E-state index in [1.54, 1.807) is 49.4 Å². The van der Waals surface area contributed by atoms with E-state index in [4.69, 9.17) is 20.8 Å². The Morgan fingerprint density at radius 1 is 1.34 bits per heavy atom. The van der Waals surface area contributed by atoms with E-state index in [9.17, 15) is 9.59 Å². The molecule has 0 saturated carbocycles. The Bertz CT molecular complexity index is 858. The number of benzene rings is 1. The van der Waals surface area contributed by atoms with Crippen LogP contribution in [0.5, 0.6) is 0 Å². The minimum atomic E-state index is -0.400. The van der Waals surface area contributed by atoms with Crippen molar-refractivity contribution in [2.75, 3.05) is 44.9 Å². The topological polar surface area (TPSA) is 87.0 Å². The summed E-state index contributed by atoms with van der Waals surface area (Å²) in [6.45, 7) is 1.45. The highest BCUT2D eigenvalue weighted by Gasteiger charge is 2.31. The molecule has 0 unspecified atom stereocenters. The largest absolute Gasteiger partial charge is 0.459 e. The summed E-state index contributed by atoms with van der Waals surface area (Å²) in [6.07, 6.45) is 2.51. The number of halogens is 1. The van der Waals surface area contributed by atoms with E-state index in [-0.39, 0.29) is 23.9 Å². The van der Waals surface area contributed by atoms with Crippen LogP contribution in [0.25, 0.3) is 0 Å². The molecule has 8 nitrogen and oxygen atoms in total. The lowest BCUT2D eigenvalue weighted by Crippen LogP contribution is -2.41.